The smallest absolute Gasteiger partial charge is 0.0998 e. The second-order valence-corrected chi connectivity index (χ2v) is 3.07. The van der Waals surface area contributed by atoms with Gasteiger partial charge in [-0.25, -0.2) is 0 Å². The van der Waals surface area contributed by atoms with Crippen molar-refractivity contribution in [3.05, 3.63) is 47.9 Å². The fourth-order valence-electron chi connectivity index (χ4n) is 1.36. The minimum absolute atomic E-state index is 0.486. The number of aromatic nitrogens is 2. The van der Waals surface area contributed by atoms with E-state index < -0.39 is 0 Å². The molecular formula is C12H6N4. The summed E-state index contributed by atoms with van der Waals surface area (Å²) in [6.45, 7) is 0. The van der Waals surface area contributed by atoms with Crippen LogP contribution in [0.2, 0.25) is 0 Å². The largest absolute Gasteiger partial charge is 0.261 e. The van der Waals surface area contributed by atoms with E-state index in [4.69, 9.17) is 10.5 Å². The summed E-state index contributed by atoms with van der Waals surface area (Å²) < 4.78 is 0. The lowest BCUT2D eigenvalue weighted by atomic mass is 10.0. The second kappa shape index (κ2) is 4.20. The summed E-state index contributed by atoms with van der Waals surface area (Å²) in [4.78, 5) is 8.05. The second-order valence-electron chi connectivity index (χ2n) is 3.07. The summed E-state index contributed by atoms with van der Waals surface area (Å²) in [5.41, 5.74) is 2.21. The van der Waals surface area contributed by atoms with Crippen LogP contribution in [-0.2, 0) is 0 Å². The lowest BCUT2D eigenvalue weighted by Gasteiger charge is -2.02. The molecule has 0 bridgehead atoms. The molecule has 16 heavy (non-hydrogen) atoms. The van der Waals surface area contributed by atoms with Gasteiger partial charge in [-0.1, -0.05) is 0 Å². The fraction of sp³-hybridized carbons (Fsp3) is 0. The first-order valence-electron chi connectivity index (χ1n) is 4.56. The third-order valence-corrected chi connectivity index (χ3v) is 2.11. The Morgan fingerprint density at radius 2 is 1.94 bits per heavy atom. The monoisotopic (exact) mass is 206 g/mol. The van der Waals surface area contributed by atoms with Crippen molar-refractivity contribution in [1.29, 1.82) is 10.5 Å². The molecule has 0 aliphatic carbocycles. The Bertz CT molecular complexity index is 591. The van der Waals surface area contributed by atoms with E-state index in [1.807, 2.05) is 6.07 Å². The summed E-state index contributed by atoms with van der Waals surface area (Å²) in [6.07, 6.45) is 4.68. The SMILES string of the molecule is N#Cc1ccc(C#N)c(-c2cnccn2)c1. The van der Waals surface area contributed by atoms with Crippen LogP contribution in [0, 0.1) is 22.7 Å². The molecule has 1 aromatic carbocycles. The number of hydrogen-bond donors (Lipinski definition) is 0. The molecule has 0 saturated heterocycles. The van der Waals surface area contributed by atoms with Crippen LogP contribution in [0.5, 0.6) is 0 Å². The van der Waals surface area contributed by atoms with Crippen LogP contribution in [0.3, 0.4) is 0 Å². The zero-order valence-electron chi connectivity index (χ0n) is 8.25. The highest BCUT2D eigenvalue weighted by atomic mass is 14.8. The Hall–Kier alpha value is -2.72. The highest BCUT2D eigenvalue weighted by Gasteiger charge is 2.07. The number of nitrogens with zero attached hydrogens (tertiary/aromatic N) is 4. The van der Waals surface area contributed by atoms with Gasteiger partial charge in [-0.3, -0.25) is 9.97 Å². The third-order valence-electron chi connectivity index (χ3n) is 2.11. The number of hydrogen-bond acceptors (Lipinski definition) is 4. The third kappa shape index (κ3) is 1.73. The van der Waals surface area contributed by atoms with E-state index >= 15 is 0 Å². The quantitative estimate of drug-likeness (QED) is 0.714. The molecule has 0 saturated carbocycles. The summed E-state index contributed by atoms with van der Waals surface area (Å²) in [5.74, 6) is 0. The maximum atomic E-state index is 8.96. The van der Waals surface area contributed by atoms with E-state index in [1.165, 1.54) is 0 Å². The van der Waals surface area contributed by atoms with Crippen molar-refractivity contribution < 1.29 is 0 Å². The highest BCUT2D eigenvalue weighted by molar-refractivity contribution is 5.68. The minimum Gasteiger partial charge on any atom is -0.261 e. The predicted octanol–water partition coefficient (Wildman–Crippen LogP) is 1.89. The number of rotatable bonds is 1. The van der Waals surface area contributed by atoms with Crippen LogP contribution < -0.4 is 0 Å². The average Bonchev–Trinajstić information content (AvgIpc) is 2.39. The molecule has 0 aliphatic heterocycles. The summed E-state index contributed by atoms with van der Waals surface area (Å²) in [7, 11) is 0. The van der Waals surface area contributed by atoms with Gasteiger partial charge in [0.25, 0.3) is 0 Å². The van der Waals surface area contributed by atoms with E-state index in [-0.39, 0.29) is 0 Å². The van der Waals surface area contributed by atoms with E-state index in [9.17, 15) is 0 Å². The molecule has 0 spiro atoms. The van der Waals surface area contributed by atoms with Gasteiger partial charge >= 0.3 is 0 Å². The van der Waals surface area contributed by atoms with Crippen molar-refractivity contribution in [2.45, 2.75) is 0 Å². The zero-order valence-corrected chi connectivity index (χ0v) is 8.25. The van der Waals surface area contributed by atoms with Gasteiger partial charge in [0.05, 0.1) is 35.2 Å². The van der Waals surface area contributed by atoms with Gasteiger partial charge in [0.2, 0.25) is 0 Å². The normalized spacial score (nSPS) is 9.12. The van der Waals surface area contributed by atoms with E-state index in [0.717, 1.165) is 0 Å². The van der Waals surface area contributed by atoms with Crippen LogP contribution in [0.1, 0.15) is 11.1 Å². The van der Waals surface area contributed by atoms with Gasteiger partial charge in [0, 0.05) is 18.0 Å². The predicted molar refractivity (Wildman–Crippen MR) is 56.9 cm³/mol. The van der Waals surface area contributed by atoms with Crippen molar-refractivity contribution in [3.8, 4) is 23.4 Å². The Labute approximate surface area is 92.4 Å². The highest BCUT2D eigenvalue weighted by Crippen LogP contribution is 2.21. The molecule has 4 nitrogen and oxygen atoms in total. The molecule has 1 heterocycles. The van der Waals surface area contributed by atoms with Crippen LogP contribution in [-0.4, -0.2) is 9.97 Å². The van der Waals surface area contributed by atoms with Gasteiger partial charge in [-0.15, -0.1) is 0 Å². The molecule has 2 aromatic rings. The maximum Gasteiger partial charge on any atom is 0.0998 e. The molecule has 4 heteroatoms. The van der Waals surface area contributed by atoms with Crippen LogP contribution in [0.4, 0.5) is 0 Å². The zero-order chi connectivity index (χ0) is 11.4. The van der Waals surface area contributed by atoms with Crippen LogP contribution in [0.15, 0.2) is 36.8 Å². The van der Waals surface area contributed by atoms with Crippen molar-refractivity contribution in [2.24, 2.45) is 0 Å². The molecule has 0 unspecified atom stereocenters. The van der Waals surface area contributed by atoms with Gasteiger partial charge in [0.15, 0.2) is 0 Å². The van der Waals surface area contributed by atoms with E-state index in [1.54, 1.807) is 36.8 Å². The molecule has 74 valence electrons. The molecule has 0 atom stereocenters. The molecular weight excluding hydrogens is 200 g/mol. The van der Waals surface area contributed by atoms with Gasteiger partial charge in [-0.2, -0.15) is 10.5 Å². The van der Waals surface area contributed by atoms with E-state index in [2.05, 4.69) is 16.0 Å². The number of nitriles is 2. The molecule has 0 fully saturated rings. The maximum absolute atomic E-state index is 8.96. The molecule has 0 radical (unpaired) electrons. The summed E-state index contributed by atoms with van der Waals surface area (Å²) in [5, 5.41) is 17.8. The summed E-state index contributed by atoms with van der Waals surface area (Å²) >= 11 is 0. The van der Waals surface area contributed by atoms with Gasteiger partial charge in [-0.05, 0) is 18.2 Å². The van der Waals surface area contributed by atoms with E-state index in [0.29, 0.717) is 22.4 Å². The summed E-state index contributed by atoms with van der Waals surface area (Å²) in [6, 6.07) is 8.96. The Balaban J connectivity index is 2.65. The fourth-order valence-corrected chi connectivity index (χ4v) is 1.36. The first-order valence-corrected chi connectivity index (χ1v) is 4.56. The van der Waals surface area contributed by atoms with Gasteiger partial charge in [0.1, 0.15) is 0 Å². The van der Waals surface area contributed by atoms with Crippen LogP contribution in [0.25, 0.3) is 11.3 Å². The molecule has 0 amide bonds. The Morgan fingerprint density at radius 3 is 2.56 bits per heavy atom. The van der Waals surface area contributed by atoms with Crippen molar-refractivity contribution in [3.63, 3.8) is 0 Å². The molecule has 1 aromatic heterocycles. The van der Waals surface area contributed by atoms with Crippen molar-refractivity contribution in [2.75, 3.05) is 0 Å². The Morgan fingerprint density at radius 1 is 1.06 bits per heavy atom. The average molecular weight is 206 g/mol. The molecule has 0 aliphatic rings. The first kappa shape index (κ1) is 9.82. The number of benzene rings is 1. The lowest BCUT2D eigenvalue weighted by Crippen LogP contribution is -1.89. The standard InChI is InChI=1S/C12H6N4/c13-6-9-1-2-10(7-14)11(5-9)12-8-15-3-4-16-12/h1-5,8H. The molecule has 0 N–H and O–H groups in total. The lowest BCUT2D eigenvalue weighted by molar-refractivity contribution is 1.20. The van der Waals surface area contributed by atoms with Crippen molar-refractivity contribution in [1.82, 2.24) is 9.97 Å². The Kier molecular flexibility index (Phi) is 2.58. The van der Waals surface area contributed by atoms with Gasteiger partial charge < -0.3 is 0 Å². The van der Waals surface area contributed by atoms with Crippen molar-refractivity contribution >= 4 is 0 Å². The minimum atomic E-state index is 0.486. The molecule has 2 rings (SSSR count). The topological polar surface area (TPSA) is 73.4 Å². The van der Waals surface area contributed by atoms with Crippen LogP contribution >= 0.6 is 0 Å². The first-order chi connectivity index (χ1) is 7.85.